The summed E-state index contributed by atoms with van der Waals surface area (Å²) >= 11 is 3.37. The van der Waals surface area contributed by atoms with E-state index in [0.717, 1.165) is 0 Å². The van der Waals surface area contributed by atoms with Crippen molar-refractivity contribution in [2.75, 3.05) is 19.5 Å². The largest absolute Gasteiger partial charge is 0.493 e. The third-order valence-electron chi connectivity index (χ3n) is 2.43. The van der Waals surface area contributed by atoms with E-state index in [1.165, 1.54) is 7.11 Å². The summed E-state index contributed by atoms with van der Waals surface area (Å²) in [5.74, 6) is 0.805. The van der Waals surface area contributed by atoms with E-state index in [1.54, 1.807) is 25.3 Å². The molecule has 1 aromatic rings. The van der Waals surface area contributed by atoms with E-state index in [4.69, 9.17) is 9.47 Å². The smallest absolute Gasteiger partial charge is 0.255 e. The van der Waals surface area contributed by atoms with Gasteiger partial charge in [0.15, 0.2) is 11.5 Å². The van der Waals surface area contributed by atoms with E-state index in [1.807, 2.05) is 13.8 Å². The molecule has 0 saturated heterocycles. The lowest BCUT2D eigenvalue weighted by molar-refractivity contribution is 0.0917. The number of para-hydroxylation sites is 1. The molecule has 0 spiro atoms. The average molecular weight is 316 g/mol. The van der Waals surface area contributed by atoms with Crippen molar-refractivity contribution >= 4 is 21.8 Å². The number of alkyl halides is 1. The average Bonchev–Trinajstić information content (AvgIpc) is 2.37. The predicted molar refractivity (Wildman–Crippen MR) is 74.9 cm³/mol. The number of hydrogen-bond acceptors (Lipinski definition) is 3. The van der Waals surface area contributed by atoms with Gasteiger partial charge in [0.2, 0.25) is 0 Å². The summed E-state index contributed by atoms with van der Waals surface area (Å²) in [5, 5.41) is 3.59. The van der Waals surface area contributed by atoms with Crippen LogP contribution < -0.4 is 14.8 Å². The number of halogens is 1. The Labute approximate surface area is 116 Å². The molecule has 0 bridgehead atoms. The number of benzene rings is 1. The zero-order valence-electron chi connectivity index (χ0n) is 11.0. The topological polar surface area (TPSA) is 47.6 Å². The molecule has 1 amide bonds. The highest BCUT2D eigenvalue weighted by molar-refractivity contribution is 9.09. The fourth-order valence-electron chi connectivity index (χ4n) is 1.47. The van der Waals surface area contributed by atoms with Crippen molar-refractivity contribution < 1.29 is 14.3 Å². The van der Waals surface area contributed by atoms with Crippen LogP contribution in [0, 0.1) is 0 Å². The second kappa shape index (κ2) is 6.09. The number of carbonyl (C=O) groups is 1. The number of methoxy groups -OCH3 is 2. The van der Waals surface area contributed by atoms with E-state index in [0.29, 0.717) is 22.4 Å². The van der Waals surface area contributed by atoms with Gasteiger partial charge in [-0.1, -0.05) is 22.0 Å². The Morgan fingerprint density at radius 1 is 1.33 bits per heavy atom. The van der Waals surface area contributed by atoms with Crippen molar-refractivity contribution in [1.82, 2.24) is 5.32 Å². The quantitative estimate of drug-likeness (QED) is 0.850. The van der Waals surface area contributed by atoms with Crippen LogP contribution in [0.4, 0.5) is 0 Å². The molecule has 1 rings (SSSR count). The molecule has 1 aromatic carbocycles. The molecule has 4 nitrogen and oxygen atoms in total. The van der Waals surface area contributed by atoms with Crippen molar-refractivity contribution in [1.29, 1.82) is 0 Å². The molecule has 0 unspecified atom stereocenters. The Bertz CT molecular complexity index is 432. The van der Waals surface area contributed by atoms with Crippen molar-refractivity contribution in [2.45, 2.75) is 19.4 Å². The summed E-state index contributed by atoms with van der Waals surface area (Å²) in [4.78, 5) is 12.2. The first kappa shape index (κ1) is 14.8. The lowest BCUT2D eigenvalue weighted by Gasteiger charge is -2.24. The monoisotopic (exact) mass is 315 g/mol. The van der Waals surface area contributed by atoms with Crippen LogP contribution in [0.2, 0.25) is 0 Å². The summed E-state index contributed by atoms with van der Waals surface area (Å²) < 4.78 is 10.4. The molecule has 0 fully saturated rings. The minimum absolute atomic E-state index is 0.185. The zero-order chi connectivity index (χ0) is 13.8. The van der Waals surface area contributed by atoms with Crippen LogP contribution in [0.1, 0.15) is 24.2 Å². The highest BCUT2D eigenvalue weighted by atomic mass is 79.9. The SMILES string of the molecule is COc1cccc(C(=O)NC(C)(C)CBr)c1OC. The van der Waals surface area contributed by atoms with Gasteiger partial charge in [-0.25, -0.2) is 0 Å². The van der Waals surface area contributed by atoms with E-state index in [-0.39, 0.29) is 11.4 Å². The van der Waals surface area contributed by atoms with Crippen LogP contribution in [0.25, 0.3) is 0 Å². The number of carbonyl (C=O) groups excluding carboxylic acids is 1. The summed E-state index contributed by atoms with van der Waals surface area (Å²) in [6, 6.07) is 5.23. The lowest BCUT2D eigenvalue weighted by Crippen LogP contribution is -2.44. The van der Waals surface area contributed by atoms with E-state index >= 15 is 0 Å². The first-order valence-electron chi connectivity index (χ1n) is 5.54. The molecular formula is C13H18BrNO3. The number of ether oxygens (including phenoxy) is 2. The van der Waals surface area contributed by atoms with Gasteiger partial charge >= 0.3 is 0 Å². The number of amides is 1. The first-order chi connectivity index (χ1) is 8.45. The molecule has 0 aromatic heterocycles. The summed E-state index contributed by atoms with van der Waals surface area (Å²) in [6.45, 7) is 3.87. The molecule has 0 aliphatic carbocycles. The van der Waals surface area contributed by atoms with E-state index in [2.05, 4.69) is 21.2 Å². The first-order valence-corrected chi connectivity index (χ1v) is 6.67. The minimum atomic E-state index is -0.328. The molecule has 0 saturated carbocycles. The van der Waals surface area contributed by atoms with Gasteiger partial charge in [0, 0.05) is 10.9 Å². The molecule has 0 aliphatic rings. The molecular weight excluding hydrogens is 298 g/mol. The van der Waals surface area contributed by atoms with Gasteiger partial charge in [0.25, 0.3) is 5.91 Å². The Morgan fingerprint density at radius 3 is 2.50 bits per heavy atom. The molecule has 0 aliphatic heterocycles. The van der Waals surface area contributed by atoms with Gasteiger partial charge in [-0.05, 0) is 26.0 Å². The lowest BCUT2D eigenvalue weighted by atomic mass is 10.1. The molecule has 18 heavy (non-hydrogen) atoms. The van der Waals surface area contributed by atoms with Crippen molar-refractivity contribution in [3.05, 3.63) is 23.8 Å². The van der Waals surface area contributed by atoms with Crippen LogP contribution in [-0.2, 0) is 0 Å². The van der Waals surface area contributed by atoms with Crippen LogP contribution in [0.5, 0.6) is 11.5 Å². The normalized spacial score (nSPS) is 10.9. The third-order valence-corrected chi connectivity index (χ3v) is 3.84. The Hall–Kier alpha value is -1.23. The summed E-state index contributed by atoms with van der Waals surface area (Å²) in [7, 11) is 3.06. The number of hydrogen-bond donors (Lipinski definition) is 1. The maximum absolute atomic E-state index is 12.2. The van der Waals surface area contributed by atoms with Gasteiger partial charge in [0.05, 0.1) is 19.8 Å². The van der Waals surface area contributed by atoms with Gasteiger partial charge in [-0.2, -0.15) is 0 Å². The predicted octanol–water partition coefficient (Wildman–Crippen LogP) is 2.61. The van der Waals surface area contributed by atoms with Crippen LogP contribution in [0.3, 0.4) is 0 Å². The van der Waals surface area contributed by atoms with Crippen LogP contribution in [0.15, 0.2) is 18.2 Å². The van der Waals surface area contributed by atoms with E-state index in [9.17, 15) is 4.79 Å². The summed E-state index contributed by atoms with van der Waals surface area (Å²) in [5.41, 5.74) is 0.136. The molecule has 0 heterocycles. The molecule has 0 atom stereocenters. The van der Waals surface area contributed by atoms with Crippen molar-refractivity contribution in [3.63, 3.8) is 0 Å². The maximum atomic E-state index is 12.2. The van der Waals surface area contributed by atoms with Gasteiger partial charge in [0.1, 0.15) is 0 Å². The summed E-state index contributed by atoms with van der Waals surface area (Å²) in [6.07, 6.45) is 0. The highest BCUT2D eigenvalue weighted by Gasteiger charge is 2.23. The molecule has 1 N–H and O–H groups in total. The number of rotatable bonds is 5. The van der Waals surface area contributed by atoms with Crippen LogP contribution in [-0.4, -0.2) is 31.0 Å². The molecule has 5 heteroatoms. The Morgan fingerprint density at radius 2 is 2.00 bits per heavy atom. The van der Waals surface area contributed by atoms with Crippen molar-refractivity contribution in [2.24, 2.45) is 0 Å². The Balaban J connectivity index is 3.06. The van der Waals surface area contributed by atoms with Gasteiger partial charge in [-0.15, -0.1) is 0 Å². The fourth-order valence-corrected chi connectivity index (χ4v) is 1.61. The second-order valence-electron chi connectivity index (χ2n) is 4.51. The second-order valence-corrected chi connectivity index (χ2v) is 5.07. The molecule has 100 valence electrons. The standard InChI is InChI=1S/C13H18BrNO3/c1-13(2,8-14)15-12(16)9-6-5-7-10(17-3)11(9)18-4/h5-7H,8H2,1-4H3,(H,15,16). The van der Waals surface area contributed by atoms with Gasteiger partial charge in [-0.3, -0.25) is 4.79 Å². The zero-order valence-corrected chi connectivity index (χ0v) is 12.6. The minimum Gasteiger partial charge on any atom is -0.493 e. The third kappa shape index (κ3) is 3.38. The fraction of sp³-hybridized carbons (Fsp3) is 0.462. The number of nitrogens with one attached hydrogen (secondary N) is 1. The maximum Gasteiger partial charge on any atom is 0.255 e. The molecule has 0 radical (unpaired) electrons. The van der Waals surface area contributed by atoms with Crippen molar-refractivity contribution in [3.8, 4) is 11.5 Å². The Kier molecular flexibility index (Phi) is 5.02. The van der Waals surface area contributed by atoms with E-state index < -0.39 is 0 Å². The van der Waals surface area contributed by atoms with Gasteiger partial charge < -0.3 is 14.8 Å². The van der Waals surface area contributed by atoms with Crippen LogP contribution >= 0.6 is 15.9 Å². The highest BCUT2D eigenvalue weighted by Crippen LogP contribution is 2.30.